The van der Waals surface area contributed by atoms with Crippen LogP contribution in [-0.4, -0.2) is 56.9 Å². The summed E-state index contributed by atoms with van der Waals surface area (Å²) in [4.78, 5) is 8.99. The van der Waals surface area contributed by atoms with Crippen LogP contribution in [0.4, 0.5) is 5.95 Å². The van der Waals surface area contributed by atoms with Crippen LogP contribution in [0.3, 0.4) is 0 Å². The van der Waals surface area contributed by atoms with Gasteiger partial charge in [-0.25, -0.2) is 9.97 Å². The second-order valence-electron chi connectivity index (χ2n) is 8.53. The smallest absolute Gasteiger partial charge is 0.239 e. The third-order valence-electron chi connectivity index (χ3n) is 6.27. The SMILES string of the molecule is COc1cccc(OC)c1-n1c(NSC(C)C(C)c2ncc(C)cn2)nnc1C1CCOC1C. The Kier molecular flexibility index (Phi) is 7.57. The number of aryl methyl sites for hydroxylation is 1. The highest BCUT2D eigenvalue weighted by Gasteiger charge is 2.33. The standard InChI is InChI=1S/C24H32N6O3S/c1-14-12-25-22(26-13-14)15(2)17(4)34-29-24-28-27-23(18-10-11-33-16(18)3)30(24)21-19(31-5)8-7-9-20(21)32-6/h7-9,12-13,15-18H,10-11H2,1-6H3,(H,28,29). The van der Waals surface area contributed by atoms with Crippen LogP contribution in [0.5, 0.6) is 11.5 Å². The first kappa shape index (κ1) is 24.3. The molecule has 0 aliphatic carbocycles. The van der Waals surface area contributed by atoms with Gasteiger partial charge in [-0.2, -0.15) is 0 Å². The molecule has 3 heterocycles. The maximum atomic E-state index is 5.84. The van der Waals surface area contributed by atoms with Crippen molar-refractivity contribution in [3.05, 3.63) is 47.8 Å². The molecule has 1 N–H and O–H groups in total. The van der Waals surface area contributed by atoms with Gasteiger partial charge in [-0.05, 0) is 49.9 Å². The minimum atomic E-state index is 0.0433. The Balaban J connectivity index is 1.67. The van der Waals surface area contributed by atoms with Crippen LogP contribution in [0.25, 0.3) is 5.69 Å². The van der Waals surface area contributed by atoms with Gasteiger partial charge in [-0.3, -0.25) is 9.29 Å². The normalized spacial score (nSPS) is 19.6. The molecule has 2 aromatic heterocycles. The van der Waals surface area contributed by atoms with Crippen LogP contribution < -0.4 is 14.2 Å². The monoisotopic (exact) mass is 484 g/mol. The molecular formula is C24H32N6O3S. The molecule has 4 rings (SSSR count). The largest absolute Gasteiger partial charge is 0.494 e. The van der Waals surface area contributed by atoms with Crippen molar-refractivity contribution in [1.29, 1.82) is 0 Å². The van der Waals surface area contributed by atoms with Crippen molar-refractivity contribution in [3.8, 4) is 17.2 Å². The fraction of sp³-hybridized carbons (Fsp3) is 0.500. The first-order valence-corrected chi connectivity index (χ1v) is 12.3. The Hall–Kier alpha value is -2.85. The van der Waals surface area contributed by atoms with Gasteiger partial charge in [0.1, 0.15) is 28.8 Å². The van der Waals surface area contributed by atoms with Crippen molar-refractivity contribution in [2.45, 2.75) is 57.3 Å². The number of hydrogen-bond acceptors (Lipinski definition) is 9. The maximum Gasteiger partial charge on any atom is 0.239 e. The van der Waals surface area contributed by atoms with E-state index in [1.807, 2.05) is 42.1 Å². The summed E-state index contributed by atoms with van der Waals surface area (Å²) < 4.78 is 22.7. The van der Waals surface area contributed by atoms with Crippen LogP contribution in [0, 0.1) is 6.92 Å². The van der Waals surface area contributed by atoms with Crippen LogP contribution in [-0.2, 0) is 4.74 Å². The second-order valence-corrected chi connectivity index (χ2v) is 9.72. The highest BCUT2D eigenvalue weighted by atomic mass is 32.2. The van der Waals surface area contributed by atoms with Crippen LogP contribution in [0.2, 0.25) is 0 Å². The Labute approximate surface area is 204 Å². The quantitative estimate of drug-likeness (QED) is 0.439. The molecule has 1 aromatic carbocycles. The summed E-state index contributed by atoms with van der Waals surface area (Å²) in [6.45, 7) is 9.03. The maximum absolute atomic E-state index is 5.84. The van der Waals surface area contributed by atoms with E-state index in [0.29, 0.717) is 24.1 Å². The molecule has 0 radical (unpaired) electrons. The van der Waals surface area contributed by atoms with Gasteiger partial charge in [0.25, 0.3) is 0 Å². The summed E-state index contributed by atoms with van der Waals surface area (Å²) in [7, 11) is 3.30. The van der Waals surface area contributed by atoms with Gasteiger partial charge in [0.05, 0.1) is 20.3 Å². The van der Waals surface area contributed by atoms with E-state index in [2.05, 4.69) is 45.7 Å². The summed E-state index contributed by atoms with van der Waals surface area (Å²) in [6, 6.07) is 5.72. The average Bonchev–Trinajstić information content (AvgIpc) is 3.47. The number of nitrogens with zero attached hydrogens (tertiary/aromatic N) is 5. The molecule has 1 saturated heterocycles. The zero-order chi connectivity index (χ0) is 24.2. The average molecular weight is 485 g/mol. The van der Waals surface area contributed by atoms with E-state index in [-0.39, 0.29) is 23.2 Å². The number of anilines is 1. The summed E-state index contributed by atoms with van der Waals surface area (Å²) in [5.41, 5.74) is 1.81. The molecule has 182 valence electrons. The van der Waals surface area contributed by atoms with Gasteiger partial charge in [0.15, 0.2) is 0 Å². The molecule has 4 unspecified atom stereocenters. The molecule has 0 bridgehead atoms. The minimum absolute atomic E-state index is 0.0433. The highest BCUT2D eigenvalue weighted by Crippen LogP contribution is 2.40. The minimum Gasteiger partial charge on any atom is -0.494 e. The lowest BCUT2D eigenvalue weighted by Gasteiger charge is -2.22. The first-order valence-electron chi connectivity index (χ1n) is 11.4. The predicted molar refractivity (Wildman–Crippen MR) is 133 cm³/mol. The lowest BCUT2D eigenvalue weighted by molar-refractivity contribution is 0.117. The molecule has 1 aliphatic heterocycles. The van der Waals surface area contributed by atoms with E-state index >= 15 is 0 Å². The molecular weight excluding hydrogens is 452 g/mol. The van der Waals surface area contributed by atoms with Gasteiger partial charge in [0, 0.05) is 36.1 Å². The van der Waals surface area contributed by atoms with Crippen LogP contribution in [0.1, 0.15) is 56.2 Å². The van der Waals surface area contributed by atoms with E-state index in [0.717, 1.165) is 29.3 Å². The summed E-state index contributed by atoms with van der Waals surface area (Å²) >= 11 is 1.56. The summed E-state index contributed by atoms with van der Waals surface area (Å²) in [5.74, 6) is 3.84. The molecule has 34 heavy (non-hydrogen) atoms. The molecule has 4 atom stereocenters. The molecule has 10 heteroatoms. The highest BCUT2D eigenvalue weighted by molar-refractivity contribution is 8.01. The van der Waals surface area contributed by atoms with Gasteiger partial charge in [-0.15, -0.1) is 10.2 Å². The molecule has 0 spiro atoms. The zero-order valence-corrected chi connectivity index (χ0v) is 21.3. The summed E-state index contributed by atoms with van der Waals surface area (Å²) in [5, 5.41) is 9.28. The topological polar surface area (TPSA) is 96.2 Å². The molecule has 1 fully saturated rings. The van der Waals surface area contributed by atoms with Gasteiger partial charge >= 0.3 is 0 Å². The second kappa shape index (κ2) is 10.6. The first-order chi connectivity index (χ1) is 16.4. The molecule has 0 saturated carbocycles. The predicted octanol–water partition coefficient (Wildman–Crippen LogP) is 4.53. The van der Waals surface area contributed by atoms with Crippen molar-refractivity contribution in [3.63, 3.8) is 0 Å². The molecule has 0 amide bonds. The Bertz CT molecular complexity index is 1080. The number of aromatic nitrogens is 5. The van der Waals surface area contributed by atoms with E-state index in [1.54, 1.807) is 26.2 Å². The third-order valence-corrected chi connectivity index (χ3v) is 7.35. The fourth-order valence-corrected chi connectivity index (χ4v) is 4.79. The van der Waals surface area contributed by atoms with Gasteiger partial charge < -0.3 is 14.2 Å². The van der Waals surface area contributed by atoms with E-state index in [4.69, 9.17) is 14.2 Å². The van der Waals surface area contributed by atoms with Crippen molar-refractivity contribution >= 4 is 17.9 Å². The Morgan fingerprint density at radius 1 is 1.12 bits per heavy atom. The molecule has 9 nitrogen and oxygen atoms in total. The summed E-state index contributed by atoms with van der Waals surface area (Å²) in [6.07, 6.45) is 4.63. The van der Waals surface area contributed by atoms with E-state index < -0.39 is 0 Å². The number of hydrogen-bond donors (Lipinski definition) is 1. The molecule has 1 aliphatic rings. The fourth-order valence-electron chi connectivity index (χ4n) is 4.04. The van der Waals surface area contributed by atoms with E-state index in [9.17, 15) is 0 Å². The van der Waals surface area contributed by atoms with Crippen molar-refractivity contribution < 1.29 is 14.2 Å². The number of methoxy groups -OCH3 is 2. The third kappa shape index (κ3) is 4.83. The molecule has 3 aromatic rings. The van der Waals surface area contributed by atoms with Crippen molar-refractivity contribution in [2.24, 2.45) is 0 Å². The van der Waals surface area contributed by atoms with E-state index in [1.165, 1.54) is 0 Å². The zero-order valence-electron chi connectivity index (χ0n) is 20.5. The Morgan fingerprint density at radius 3 is 2.38 bits per heavy atom. The number of rotatable bonds is 9. The lowest BCUT2D eigenvalue weighted by atomic mass is 10.0. The van der Waals surface area contributed by atoms with Crippen molar-refractivity contribution in [1.82, 2.24) is 24.7 Å². The van der Waals surface area contributed by atoms with Crippen LogP contribution in [0.15, 0.2) is 30.6 Å². The van der Waals surface area contributed by atoms with Gasteiger partial charge in [-0.1, -0.05) is 19.9 Å². The number of nitrogens with one attached hydrogen (secondary N) is 1. The van der Waals surface area contributed by atoms with Crippen LogP contribution >= 0.6 is 11.9 Å². The van der Waals surface area contributed by atoms with Gasteiger partial charge in [0.2, 0.25) is 5.95 Å². The number of benzene rings is 1. The number of ether oxygens (including phenoxy) is 3. The lowest BCUT2D eigenvalue weighted by Crippen LogP contribution is -2.17. The Morgan fingerprint density at radius 2 is 1.79 bits per heavy atom. The number of para-hydroxylation sites is 1. The van der Waals surface area contributed by atoms with Crippen molar-refractivity contribution in [2.75, 3.05) is 25.5 Å².